The zero-order valence-corrected chi connectivity index (χ0v) is 30.5. The molecule has 1 fully saturated rings. The Kier molecular flexibility index (Phi) is 9.58. The molecule has 7 rings (SSSR count). The number of cyclic esters (lactones) is 1. The van der Waals surface area contributed by atoms with Crippen LogP contribution in [0.3, 0.4) is 0 Å². The number of aryl methyl sites for hydroxylation is 1. The summed E-state index contributed by atoms with van der Waals surface area (Å²) < 4.78 is 24.0. The van der Waals surface area contributed by atoms with Gasteiger partial charge in [-0.05, 0) is 55.4 Å². The van der Waals surface area contributed by atoms with Gasteiger partial charge < -0.3 is 23.5 Å². The Morgan fingerprint density at radius 3 is 2.51 bits per heavy atom. The molecular formula is C40H44N2O8Si. The molecule has 1 atom stereocenters. The van der Waals surface area contributed by atoms with E-state index < -0.39 is 25.8 Å². The number of nitrogens with zero attached hydrogens (tertiary/aromatic N) is 2. The quantitative estimate of drug-likeness (QED) is 0.0564. The molecule has 11 heteroatoms. The van der Waals surface area contributed by atoms with E-state index in [-0.39, 0.29) is 42.6 Å². The molecule has 0 spiro atoms. The van der Waals surface area contributed by atoms with E-state index in [1.54, 1.807) is 17.6 Å². The second-order valence-electron chi connectivity index (χ2n) is 14.7. The van der Waals surface area contributed by atoms with Gasteiger partial charge in [0.05, 0.1) is 41.5 Å². The Balaban J connectivity index is 1.17. The van der Waals surface area contributed by atoms with E-state index >= 15 is 0 Å². The molecule has 1 saturated carbocycles. The summed E-state index contributed by atoms with van der Waals surface area (Å²) >= 11 is 0. The van der Waals surface area contributed by atoms with Gasteiger partial charge in [-0.3, -0.25) is 9.59 Å². The van der Waals surface area contributed by atoms with E-state index in [0.717, 1.165) is 66.2 Å². The molecule has 2 aromatic heterocycles. The summed E-state index contributed by atoms with van der Waals surface area (Å²) in [6.07, 6.45) is 3.72. The van der Waals surface area contributed by atoms with Crippen molar-refractivity contribution in [3.05, 3.63) is 98.8 Å². The van der Waals surface area contributed by atoms with Crippen molar-refractivity contribution in [1.82, 2.24) is 9.55 Å². The fraction of sp³-hybridized carbons (Fsp3) is 0.425. The number of fused-ring (bicyclic) bond motifs is 5. The van der Waals surface area contributed by atoms with E-state index in [1.807, 2.05) is 48.5 Å². The minimum Gasteiger partial charge on any atom is -0.465 e. The second kappa shape index (κ2) is 14.1. The van der Waals surface area contributed by atoms with Gasteiger partial charge in [0.25, 0.3) is 5.56 Å². The number of para-hydroxylation sites is 1. The van der Waals surface area contributed by atoms with Crippen molar-refractivity contribution in [3.8, 4) is 11.4 Å². The molecule has 4 heterocycles. The molecule has 0 bridgehead atoms. The summed E-state index contributed by atoms with van der Waals surface area (Å²) in [5.41, 5.74) is 3.48. The van der Waals surface area contributed by atoms with Crippen LogP contribution in [0, 0.1) is 5.92 Å². The predicted molar refractivity (Wildman–Crippen MR) is 194 cm³/mol. The number of carbonyl (C=O) groups excluding carboxylic acids is 3. The predicted octanol–water partition coefficient (Wildman–Crippen LogP) is 7.43. The molecule has 4 aromatic rings. The highest BCUT2D eigenvalue weighted by Crippen LogP contribution is 2.42. The van der Waals surface area contributed by atoms with Gasteiger partial charge in [0.1, 0.15) is 13.2 Å². The third-order valence-corrected chi connectivity index (χ3v) is 14.2. The van der Waals surface area contributed by atoms with Crippen LogP contribution in [0.5, 0.6) is 0 Å². The zero-order chi connectivity index (χ0) is 35.8. The fourth-order valence-electron chi connectivity index (χ4n) is 7.52. The molecule has 1 aliphatic carbocycles. The Hall–Kier alpha value is -4.77. The lowest BCUT2D eigenvalue weighted by molar-refractivity contribution is -0.175. The number of esters is 2. The minimum absolute atomic E-state index is 0.0328. The average molecular weight is 709 g/mol. The molecule has 0 saturated heterocycles. The van der Waals surface area contributed by atoms with E-state index in [0.29, 0.717) is 30.1 Å². The number of hydrogen-bond acceptors (Lipinski definition) is 9. The van der Waals surface area contributed by atoms with E-state index in [1.165, 1.54) is 5.56 Å². The van der Waals surface area contributed by atoms with E-state index in [4.69, 9.17) is 23.9 Å². The van der Waals surface area contributed by atoms with Gasteiger partial charge in [0.2, 0.25) is 5.60 Å². The lowest BCUT2D eigenvalue weighted by Gasteiger charge is -2.35. The molecule has 2 aromatic carbocycles. The van der Waals surface area contributed by atoms with Gasteiger partial charge in [-0.2, -0.15) is 0 Å². The van der Waals surface area contributed by atoms with Crippen LogP contribution in [0.4, 0.5) is 4.79 Å². The van der Waals surface area contributed by atoms with E-state index in [2.05, 4.69) is 19.2 Å². The number of benzene rings is 2. The summed E-state index contributed by atoms with van der Waals surface area (Å²) in [5, 5.41) is 1.06. The van der Waals surface area contributed by atoms with Crippen molar-refractivity contribution in [2.45, 2.75) is 96.0 Å². The SMILES string of the molecule is CC[C@@]1(OC(=O)OCc2ccccc2)C(=O)OCc2c1cc1n(c2=O)Cc2c-1nc1ccccc1c2CC[Si](C)(C)CCCOC(=O)C1CCC1. The monoisotopic (exact) mass is 708 g/mol. The van der Waals surface area contributed by atoms with Crippen LogP contribution in [0.2, 0.25) is 25.2 Å². The number of pyridine rings is 2. The maximum Gasteiger partial charge on any atom is 0.510 e. The van der Waals surface area contributed by atoms with Gasteiger partial charge in [-0.1, -0.05) is 87.1 Å². The van der Waals surface area contributed by atoms with Gasteiger partial charge in [-0.15, -0.1) is 0 Å². The van der Waals surface area contributed by atoms with E-state index in [9.17, 15) is 19.2 Å². The summed E-state index contributed by atoms with van der Waals surface area (Å²) in [6, 6.07) is 21.1. The van der Waals surface area contributed by atoms with Crippen molar-refractivity contribution in [2.24, 2.45) is 5.92 Å². The van der Waals surface area contributed by atoms with Crippen molar-refractivity contribution in [3.63, 3.8) is 0 Å². The van der Waals surface area contributed by atoms with Crippen molar-refractivity contribution >= 4 is 37.1 Å². The Morgan fingerprint density at radius 2 is 1.76 bits per heavy atom. The summed E-state index contributed by atoms with van der Waals surface area (Å²) in [7, 11) is -1.68. The first kappa shape index (κ1) is 34.7. The highest BCUT2D eigenvalue weighted by Gasteiger charge is 2.51. The molecule has 0 amide bonds. The van der Waals surface area contributed by atoms with Crippen LogP contribution in [0.25, 0.3) is 22.3 Å². The molecular weight excluding hydrogens is 665 g/mol. The van der Waals surface area contributed by atoms with Crippen molar-refractivity contribution < 1.29 is 33.3 Å². The average Bonchev–Trinajstić information content (AvgIpc) is 3.47. The fourth-order valence-corrected chi connectivity index (χ4v) is 9.80. The van der Waals surface area contributed by atoms with Crippen molar-refractivity contribution in [2.75, 3.05) is 6.61 Å². The molecule has 266 valence electrons. The van der Waals surface area contributed by atoms with Gasteiger partial charge in [0, 0.05) is 24.6 Å². The highest BCUT2D eigenvalue weighted by molar-refractivity contribution is 6.77. The Morgan fingerprint density at radius 1 is 1.00 bits per heavy atom. The molecule has 51 heavy (non-hydrogen) atoms. The van der Waals surface area contributed by atoms with Crippen LogP contribution in [0.1, 0.15) is 66.8 Å². The standard InChI is InChI=1S/C40H44N2O8Si/c1-4-40(50-39(46)49-24-26-12-6-5-7-13-26)32-22-34-35-30(23-42(34)36(43)31(32)25-48-38(40)45)28(29-16-8-9-17-33(29)41-35)18-21-51(2,3)20-11-19-47-37(44)27-14-10-15-27/h5-9,12-13,16-17,22,27H,4,10-11,14-15,18-21,23-25H2,1-3H3/t40-/m0/s1. The van der Waals surface area contributed by atoms with Gasteiger partial charge >= 0.3 is 18.1 Å². The first-order chi connectivity index (χ1) is 24.6. The topological polar surface area (TPSA) is 123 Å². The molecule has 0 N–H and O–H groups in total. The molecule has 0 radical (unpaired) electrons. The van der Waals surface area contributed by atoms with Crippen LogP contribution in [-0.2, 0) is 60.3 Å². The van der Waals surface area contributed by atoms with Crippen molar-refractivity contribution in [1.29, 1.82) is 0 Å². The molecule has 10 nitrogen and oxygen atoms in total. The zero-order valence-electron chi connectivity index (χ0n) is 29.5. The van der Waals surface area contributed by atoms with Crippen LogP contribution in [0.15, 0.2) is 65.5 Å². The van der Waals surface area contributed by atoms with Crippen LogP contribution in [-0.4, -0.2) is 42.3 Å². The highest BCUT2D eigenvalue weighted by atomic mass is 28.3. The molecule has 2 aliphatic heterocycles. The molecule has 3 aliphatic rings. The van der Waals surface area contributed by atoms with Gasteiger partial charge in [0.15, 0.2) is 0 Å². The van der Waals surface area contributed by atoms with Crippen LogP contribution >= 0.6 is 0 Å². The lowest BCUT2D eigenvalue weighted by Crippen LogP contribution is -2.47. The normalized spacial score (nSPS) is 17.9. The van der Waals surface area contributed by atoms with Crippen LogP contribution < -0.4 is 5.56 Å². The smallest absolute Gasteiger partial charge is 0.465 e. The third kappa shape index (κ3) is 6.71. The maximum atomic E-state index is 14.2. The third-order valence-electron chi connectivity index (χ3n) is 10.9. The number of hydrogen-bond donors (Lipinski definition) is 0. The van der Waals surface area contributed by atoms with Gasteiger partial charge in [-0.25, -0.2) is 14.6 Å². The molecule has 0 unspecified atom stereocenters. The Labute approximate surface area is 298 Å². The first-order valence-electron chi connectivity index (χ1n) is 18.0. The number of rotatable bonds is 12. The maximum absolute atomic E-state index is 14.2. The minimum atomic E-state index is -1.85. The Bertz CT molecular complexity index is 2060. The summed E-state index contributed by atoms with van der Waals surface area (Å²) in [5.74, 6) is -0.688. The second-order valence-corrected chi connectivity index (χ2v) is 20.0. The summed E-state index contributed by atoms with van der Waals surface area (Å²) in [4.78, 5) is 58.0. The number of carbonyl (C=O) groups is 3. The summed E-state index contributed by atoms with van der Waals surface area (Å²) in [6.45, 7) is 7.04. The first-order valence-corrected chi connectivity index (χ1v) is 21.4. The lowest BCUT2D eigenvalue weighted by atomic mass is 9.85. The number of aromatic nitrogens is 2. The number of ether oxygens (including phenoxy) is 4. The largest absolute Gasteiger partial charge is 0.510 e.